The van der Waals surface area contributed by atoms with Crippen LogP contribution in [-0.2, 0) is 9.53 Å². The number of aliphatic carboxylic acids is 1. The number of benzene rings is 2. The van der Waals surface area contributed by atoms with Crippen molar-refractivity contribution in [2.24, 2.45) is 5.41 Å². The van der Waals surface area contributed by atoms with Crippen molar-refractivity contribution >= 4 is 16.9 Å². The van der Waals surface area contributed by atoms with E-state index in [1.165, 1.54) is 12.1 Å². The normalized spacial score (nSPS) is 24.3. The van der Waals surface area contributed by atoms with Crippen molar-refractivity contribution < 1.29 is 24.1 Å². The molecule has 31 heavy (non-hydrogen) atoms. The lowest BCUT2D eigenvalue weighted by Gasteiger charge is -2.43. The Bertz CT molecular complexity index is 1140. The highest BCUT2D eigenvalue weighted by Crippen LogP contribution is 2.55. The fraction of sp³-hybridized carbons (Fsp3) is 0.400. The van der Waals surface area contributed by atoms with Crippen molar-refractivity contribution in [3.05, 3.63) is 59.5 Å². The number of aromatic nitrogens is 1. The Labute approximate surface area is 180 Å². The Morgan fingerprint density at radius 2 is 1.77 bits per heavy atom. The molecule has 5 nitrogen and oxygen atoms in total. The molecule has 2 fully saturated rings. The number of nitrogens with zero attached hydrogens (tertiary/aromatic N) is 1. The fourth-order valence-electron chi connectivity index (χ4n) is 5.40. The molecular weight excluding hydrogens is 397 g/mol. The van der Waals surface area contributed by atoms with Crippen LogP contribution in [0.25, 0.3) is 16.6 Å². The Morgan fingerprint density at radius 1 is 1.10 bits per heavy atom. The van der Waals surface area contributed by atoms with Gasteiger partial charge in [0.15, 0.2) is 0 Å². The maximum Gasteiger partial charge on any atom is 0.309 e. The second-order valence-corrected chi connectivity index (χ2v) is 9.17. The monoisotopic (exact) mass is 423 g/mol. The van der Waals surface area contributed by atoms with E-state index in [2.05, 4.69) is 4.57 Å². The summed E-state index contributed by atoms with van der Waals surface area (Å²) in [6.45, 7) is 3.16. The average Bonchev–Trinajstić information content (AvgIpc) is 3.06. The number of carboxylic acid groups (broad SMARTS) is 1. The van der Waals surface area contributed by atoms with Crippen LogP contribution in [0.15, 0.2) is 42.5 Å². The first kappa shape index (κ1) is 20.1. The van der Waals surface area contributed by atoms with Crippen LogP contribution in [0.3, 0.4) is 0 Å². The lowest BCUT2D eigenvalue weighted by molar-refractivity contribution is -0.154. The van der Waals surface area contributed by atoms with Crippen molar-refractivity contribution in [1.29, 1.82) is 0 Å². The highest BCUT2D eigenvalue weighted by molar-refractivity contribution is 5.90. The maximum absolute atomic E-state index is 13.7. The number of ether oxygens (including phenoxy) is 1. The van der Waals surface area contributed by atoms with Crippen LogP contribution in [0.5, 0.6) is 5.75 Å². The molecule has 0 bridgehead atoms. The first-order chi connectivity index (χ1) is 14.9. The van der Waals surface area contributed by atoms with Crippen molar-refractivity contribution in [2.75, 3.05) is 13.2 Å². The van der Waals surface area contributed by atoms with E-state index in [1.54, 1.807) is 31.2 Å². The summed E-state index contributed by atoms with van der Waals surface area (Å²) in [5, 5.41) is 20.9. The average molecular weight is 423 g/mol. The van der Waals surface area contributed by atoms with Gasteiger partial charge in [0.05, 0.1) is 10.9 Å². The third kappa shape index (κ3) is 3.30. The van der Waals surface area contributed by atoms with Gasteiger partial charge in [-0.2, -0.15) is 0 Å². The summed E-state index contributed by atoms with van der Waals surface area (Å²) in [5.41, 5.74) is 3.36. The van der Waals surface area contributed by atoms with Crippen molar-refractivity contribution in [1.82, 2.24) is 4.57 Å². The number of carbonyl (C=O) groups is 1. The number of hydrogen-bond donors (Lipinski definition) is 2. The topological polar surface area (TPSA) is 71.7 Å². The van der Waals surface area contributed by atoms with Gasteiger partial charge in [0, 0.05) is 35.9 Å². The zero-order valence-corrected chi connectivity index (χ0v) is 17.5. The van der Waals surface area contributed by atoms with Gasteiger partial charge < -0.3 is 19.5 Å². The molecule has 1 saturated heterocycles. The zero-order chi connectivity index (χ0) is 21.8. The Morgan fingerprint density at radius 3 is 2.42 bits per heavy atom. The van der Waals surface area contributed by atoms with Crippen LogP contribution < -0.4 is 0 Å². The van der Waals surface area contributed by atoms with E-state index in [1.807, 2.05) is 6.07 Å². The molecule has 162 valence electrons. The van der Waals surface area contributed by atoms with Gasteiger partial charge in [0.25, 0.3) is 0 Å². The standard InChI is InChI=1S/C25H26FNO4/c1-25(24(29)30)13-16(14-25)22-20-12-19(28)6-7-21(20)27(18-4-2-17(26)3-5-18)23(22)15-8-10-31-11-9-15/h2-7,12,15-16,28H,8-11,13-14H2,1H3,(H,29,30). The van der Waals surface area contributed by atoms with E-state index in [0.29, 0.717) is 26.1 Å². The molecule has 0 atom stereocenters. The SMILES string of the molecule is CC1(C(=O)O)CC(c2c(C3CCOCC3)n(-c3ccc(F)cc3)c3ccc(O)cc23)C1. The summed E-state index contributed by atoms with van der Waals surface area (Å²) in [5.74, 6) is -0.516. The van der Waals surface area contributed by atoms with E-state index in [9.17, 15) is 19.4 Å². The minimum atomic E-state index is -0.763. The van der Waals surface area contributed by atoms with E-state index < -0.39 is 11.4 Å². The molecule has 1 aliphatic carbocycles. The number of phenols is 1. The van der Waals surface area contributed by atoms with Gasteiger partial charge in [0.2, 0.25) is 0 Å². The quantitative estimate of drug-likeness (QED) is 0.594. The number of carboxylic acids is 1. The van der Waals surface area contributed by atoms with Gasteiger partial charge in [-0.25, -0.2) is 4.39 Å². The molecule has 1 aliphatic heterocycles. The Balaban J connectivity index is 1.75. The highest BCUT2D eigenvalue weighted by Gasteiger charge is 2.49. The molecule has 2 heterocycles. The van der Waals surface area contributed by atoms with Crippen LogP contribution in [0.1, 0.15) is 55.7 Å². The molecule has 0 spiro atoms. The molecule has 5 rings (SSSR count). The molecule has 0 amide bonds. The smallest absolute Gasteiger partial charge is 0.309 e. The second kappa shape index (κ2) is 7.38. The molecule has 2 N–H and O–H groups in total. The lowest BCUT2D eigenvalue weighted by Crippen LogP contribution is -2.40. The zero-order valence-electron chi connectivity index (χ0n) is 17.5. The minimum Gasteiger partial charge on any atom is -0.508 e. The molecule has 1 aromatic heterocycles. The third-order valence-corrected chi connectivity index (χ3v) is 7.04. The van der Waals surface area contributed by atoms with Crippen LogP contribution in [0.2, 0.25) is 0 Å². The number of fused-ring (bicyclic) bond motifs is 1. The molecule has 3 aromatic rings. The second-order valence-electron chi connectivity index (χ2n) is 9.17. The Hall–Kier alpha value is -2.86. The van der Waals surface area contributed by atoms with E-state index in [4.69, 9.17) is 4.74 Å². The number of aromatic hydroxyl groups is 1. The third-order valence-electron chi connectivity index (χ3n) is 7.04. The summed E-state index contributed by atoms with van der Waals surface area (Å²) in [7, 11) is 0. The van der Waals surface area contributed by atoms with Gasteiger partial charge >= 0.3 is 5.97 Å². The summed E-state index contributed by atoms with van der Waals surface area (Å²) >= 11 is 0. The maximum atomic E-state index is 13.7. The predicted octanol–water partition coefficient (Wildman–Crippen LogP) is 5.34. The number of phenolic OH excluding ortho intramolecular Hbond substituents is 1. The molecule has 6 heteroatoms. The van der Waals surface area contributed by atoms with Crippen LogP contribution in [0, 0.1) is 11.2 Å². The van der Waals surface area contributed by atoms with E-state index >= 15 is 0 Å². The lowest BCUT2D eigenvalue weighted by atomic mass is 9.60. The largest absolute Gasteiger partial charge is 0.508 e. The molecule has 1 saturated carbocycles. The van der Waals surface area contributed by atoms with E-state index in [0.717, 1.165) is 40.7 Å². The Kier molecular flexibility index (Phi) is 4.77. The van der Waals surface area contributed by atoms with Gasteiger partial charge in [-0.15, -0.1) is 0 Å². The molecular formula is C25H26FNO4. The molecule has 0 unspecified atom stereocenters. The van der Waals surface area contributed by atoms with E-state index in [-0.39, 0.29) is 23.4 Å². The van der Waals surface area contributed by atoms with Gasteiger partial charge in [-0.1, -0.05) is 0 Å². The fourth-order valence-corrected chi connectivity index (χ4v) is 5.40. The summed E-state index contributed by atoms with van der Waals surface area (Å²) in [6, 6.07) is 11.8. The number of halogens is 1. The van der Waals surface area contributed by atoms with Gasteiger partial charge in [0.1, 0.15) is 11.6 Å². The molecule has 2 aromatic carbocycles. The van der Waals surface area contributed by atoms with Crippen molar-refractivity contribution in [3.8, 4) is 11.4 Å². The predicted molar refractivity (Wildman–Crippen MR) is 115 cm³/mol. The number of rotatable bonds is 4. The summed E-state index contributed by atoms with van der Waals surface area (Å²) < 4.78 is 21.4. The number of hydrogen-bond acceptors (Lipinski definition) is 3. The van der Waals surface area contributed by atoms with Crippen LogP contribution in [0.4, 0.5) is 4.39 Å². The first-order valence-corrected chi connectivity index (χ1v) is 10.8. The van der Waals surface area contributed by atoms with Crippen molar-refractivity contribution in [3.63, 3.8) is 0 Å². The van der Waals surface area contributed by atoms with Gasteiger partial charge in [-0.3, -0.25) is 4.79 Å². The minimum absolute atomic E-state index is 0.102. The van der Waals surface area contributed by atoms with Gasteiger partial charge in [-0.05, 0) is 86.6 Å². The van der Waals surface area contributed by atoms with Crippen LogP contribution >= 0.6 is 0 Å². The summed E-state index contributed by atoms with van der Waals surface area (Å²) in [6.07, 6.45) is 2.88. The first-order valence-electron chi connectivity index (χ1n) is 10.8. The molecule has 0 radical (unpaired) electrons. The van der Waals surface area contributed by atoms with Crippen molar-refractivity contribution in [2.45, 2.75) is 44.4 Å². The highest BCUT2D eigenvalue weighted by atomic mass is 19.1. The summed E-state index contributed by atoms with van der Waals surface area (Å²) in [4.78, 5) is 11.7. The van der Waals surface area contributed by atoms with Crippen LogP contribution in [-0.4, -0.2) is 34.0 Å². The molecule has 2 aliphatic rings.